The van der Waals surface area contributed by atoms with Crippen molar-refractivity contribution >= 4 is 17.5 Å². The molecule has 100 valence electrons. The second-order valence-electron chi connectivity index (χ2n) is 4.70. The smallest absolute Gasteiger partial charge is 0.251 e. The number of benzene rings is 1. The highest BCUT2D eigenvalue weighted by atomic mass is 16.2. The van der Waals surface area contributed by atoms with Crippen molar-refractivity contribution in [2.75, 3.05) is 5.32 Å². The molecule has 0 radical (unpaired) electrons. The average molecular weight is 258 g/mol. The lowest BCUT2D eigenvalue weighted by molar-refractivity contribution is -0.114. The summed E-state index contributed by atoms with van der Waals surface area (Å²) in [6.45, 7) is 1.45. The Labute approximate surface area is 112 Å². The summed E-state index contributed by atoms with van der Waals surface area (Å²) in [5.41, 5.74) is 1.30. The van der Waals surface area contributed by atoms with Crippen LogP contribution < -0.4 is 10.6 Å². The zero-order chi connectivity index (χ0) is 13.7. The lowest BCUT2D eigenvalue weighted by Gasteiger charge is -2.18. The SMILES string of the molecule is CC(=O)Nc1ccc(C(=O)NC2C=CCCC2)cc1. The van der Waals surface area contributed by atoms with E-state index < -0.39 is 0 Å². The lowest BCUT2D eigenvalue weighted by atomic mass is 10.0. The largest absolute Gasteiger partial charge is 0.346 e. The van der Waals surface area contributed by atoms with Crippen molar-refractivity contribution in [3.63, 3.8) is 0 Å². The highest BCUT2D eigenvalue weighted by molar-refractivity contribution is 5.95. The number of hydrogen-bond donors (Lipinski definition) is 2. The number of hydrogen-bond acceptors (Lipinski definition) is 2. The second-order valence-corrected chi connectivity index (χ2v) is 4.70. The van der Waals surface area contributed by atoms with Crippen LogP contribution in [0.15, 0.2) is 36.4 Å². The van der Waals surface area contributed by atoms with Crippen molar-refractivity contribution < 1.29 is 9.59 Å². The van der Waals surface area contributed by atoms with Crippen LogP contribution in [0.5, 0.6) is 0 Å². The molecule has 1 aromatic carbocycles. The molecule has 1 unspecified atom stereocenters. The highest BCUT2D eigenvalue weighted by Crippen LogP contribution is 2.13. The number of carbonyl (C=O) groups excluding carboxylic acids is 2. The van der Waals surface area contributed by atoms with Gasteiger partial charge in [-0.1, -0.05) is 12.2 Å². The van der Waals surface area contributed by atoms with E-state index in [1.165, 1.54) is 6.92 Å². The van der Waals surface area contributed by atoms with E-state index in [1.807, 2.05) is 6.08 Å². The third kappa shape index (κ3) is 3.95. The van der Waals surface area contributed by atoms with Gasteiger partial charge < -0.3 is 10.6 Å². The molecule has 0 aliphatic heterocycles. The summed E-state index contributed by atoms with van der Waals surface area (Å²) >= 11 is 0. The summed E-state index contributed by atoms with van der Waals surface area (Å²) < 4.78 is 0. The highest BCUT2D eigenvalue weighted by Gasteiger charge is 2.12. The van der Waals surface area contributed by atoms with E-state index in [4.69, 9.17) is 0 Å². The fraction of sp³-hybridized carbons (Fsp3) is 0.333. The van der Waals surface area contributed by atoms with Crippen LogP contribution in [-0.4, -0.2) is 17.9 Å². The molecule has 0 spiro atoms. The number of rotatable bonds is 3. The minimum absolute atomic E-state index is 0.0778. The van der Waals surface area contributed by atoms with Crippen LogP contribution in [0.4, 0.5) is 5.69 Å². The van der Waals surface area contributed by atoms with Gasteiger partial charge in [0.05, 0.1) is 0 Å². The molecule has 1 atom stereocenters. The van der Waals surface area contributed by atoms with Crippen molar-refractivity contribution in [1.29, 1.82) is 0 Å². The molecule has 19 heavy (non-hydrogen) atoms. The Morgan fingerprint density at radius 2 is 1.95 bits per heavy atom. The van der Waals surface area contributed by atoms with E-state index in [0.29, 0.717) is 11.3 Å². The van der Waals surface area contributed by atoms with Crippen molar-refractivity contribution in [2.45, 2.75) is 32.2 Å². The number of amides is 2. The van der Waals surface area contributed by atoms with E-state index in [2.05, 4.69) is 16.7 Å². The molecule has 0 heterocycles. The van der Waals surface area contributed by atoms with Gasteiger partial charge in [-0.15, -0.1) is 0 Å². The molecule has 4 heteroatoms. The fourth-order valence-corrected chi connectivity index (χ4v) is 2.09. The maximum absolute atomic E-state index is 12.0. The van der Waals surface area contributed by atoms with Gasteiger partial charge in [-0.05, 0) is 43.5 Å². The molecule has 1 aliphatic carbocycles. The zero-order valence-corrected chi connectivity index (χ0v) is 11.0. The predicted molar refractivity (Wildman–Crippen MR) is 75.0 cm³/mol. The summed E-state index contributed by atoms with van der Waals surface area (Å²) in [5, 5.41) is 5.65. The first-order valence-electron chi connectivity index (χ1n) is 6.50. The van der Waals surface area contributed by atoms with Crippen molar-refractivity contribution in [3.05, 3.63) is 42.0 Å². The van der Waals surface area contributed by atoms with Gasteiger partial charge in [0, 0.05) is 24.2 Å². The molecule has 0 bridgehead atoms. The molecule has 0 saturated heterocycles. The Morgan fingerprint density at radius 1 is 1.21 bits per heavy atom. The Balaban J connectivity index is 1.97. The quantitative estimate of drug-likeness (QED) is 0.818. The first-order valence-corrected chi connectivity index (χ1v) is 6.50. The molecule has 2 amide bonds. The van der Waals surface area contributed by atoms with Crippen LogP contribution in [0.25, 0.3) is 0 Å². The summed E-state index contributed by atoms with van der Waals surface area (Å²) in [6.07, 6.45) is 7.36. The maximum Gasteiger partial charge on any atom is 0.251 e. The summed E-state index contributed by atoms with van der Waals surface area (Å²) in [4.78, 5) is 22.9. The van der Waals surface area contributed by atoms with E-state index in [1.54, 1.807) is 24.3 Å². The molecule has 2 rings (SSSR count). The van der Waals surface area contributed by atoms with Crippen LogP contribution in [0.2, 0.25) is 0 Å². The molecule has 2 N–H and O–H groups in total. The second kappa shape index (κ2) is 6.18. The standard InChI is InChI=1S/C15H18N2O2/c1-11(18)16-14-9-7-12(8-10-14)15(19)17-13-5-3-2-4-6-13/h3,5,7-10,13H,2,4,6H2,1H3,(H,16,18)(H,17,19). The molecule has 4 nitrogen and oxygen atoms in total. The zero-order valence-electron chi connectivity index (χ0n) is 11.0. The van der Waals surface area contributed by atoms with Gasteiger partial charge in [-0.25, -0.2) is 0 Å². The van der Waals surface area contributed by atoms with Crippen molar-refractivity contribution in [3.8, 4) is 0 Å². The average Bonchev–Trinajstić information content (AvgIpc) is 2.40. The van der Waals surface area contributed by atoms with Crippen LogP contribution in [0.3, 0.4) is 0 Å². The van der Waals surface area contributed by atoms with E-state index in [9.17, 15) is 9.59 Å². The van der Waals surface area contributed by atoms with Crippen molar-refractivity contribution in [1.82, 2.24) is 5.32 Å². The van der Waals surface area contributed by atoms with Gasteiger partial charge in [0.2, 0.25) is 5.91 Å². The summed E-state index contributed by atoms with van der Waals surface area (Å²) in [6, 6.07) is 7.02. The molecule has 1 aromatic rings. The Morgan fingerprint density at radius 3 is 2.53 bits per heavy atom. The minimum Gasteiger partial charge on any atom is -0.346 e. The maximum atomic E-state index is 12.0. The van der Waals surface area contributed by atoms with E-state index in [-0.39, 0.29) is 17.9 Å². The fourth-order valence-electron chi connectivity index (χ4n) is 2.09. The van der Waals surface area contributed by atoms with Crippen LogP contribution >= 0.6 is 0 Å². The van der Waals surface area contributed by atoms with Gasteiger partial charge in [0.25, 0.3) is 5.91 Å². The number of allylic oxidation sites excluding steroid dienone is 1. The van der Waals surface area contributed by atoms with Gasteiger partial charge in [-0.3, -0.25) is 9.59 Å². The molecule has 0 saturated carbocycles. The first-order chi connectivity index (χ1) is 9.15. The molecular weight excluding hydrogens is 240 g/mol. The number of anilines is 1. The molecule has 0 aromatic heterocycles. The topological polar surface area (TPSA) is 58.2 Å². The Kier molecular flexibility index (Phi) is 4.34. The van der Waals surface area contributed by atoms with Crippen LogP contribution in [-0.2, 0) is 4.79 Å². The summed E-state index contributed by atoms with van der Waals surface area (Å²) in [7, 11) is 0. The van der Waals surface area contributed by atoms with Gasteiger partial charge in [-0.2, -0.15) is 0 Å². The lowest BCUT2D eigenvalue weighted by Crippen LogP contribution is -2.34. The monoisotopic (exact) mass is 258 g/mol. The minimum atomic E-state index is -0.121. The Bertz CT molecular complexity index is 491. The Hall–Kier alpha value is -2.10. The summed E-state index contributed by atoms with van der Waals surface area (Å²) in [5.74, 6) is -0.199. The first kappa shape index (κ1) is 13.3. The molecule has 0 fully saturated rings. The van der Waals surface area contributed by atoms with E-state index in [0.717, 1.165) is 19.3 Å². The van der Waals surface area contributed by atoms with Gasteiger partial charge in [0.15, 0.2) is 0 Å². The predicted octanol–water partition coefficient (Wildman–Crippen LogP) is 2.48. The molecule has 1 aliphatic rings. The van der Waals surface area contributed by atoms with E-state index >= 15 is 0 Å². The van der Waals surface area contributed by atoms with Crippen LogP contribution in [0, 0.1) is 0 Å². The van der Waals surface area contributed by atoms with Crippen LogP contribution in [0.1, 0.15) is 36.5 Å². The molecular formula is C15H18N2O2. The number of nitrogens with one attached hydrogen (secondary N) is 2. The third-order valence-electron chi connectivity index (χ3n) is 3.04. The van der Waals surface area contributed by atoms with Gasteiger partial charge >= 0.3 is 0 Å². The third-order valence-corrected chi connectivity index (χ3v) is 3.04. The van der Waals surface area contributed by atoms with Gasteiger partial charge in [0.1, 0.15) is 0 Å². The number of carbonyl (C=O) groups is 2. The normalized spacial score (nSPS) is 17.8. The van der Waals surface area contributed by atoms with Crippen molar-refractivity contribution in [2.24, 2.45) is 0 Å².